The van der Waals surface area contributed by atoms with E-state index in [1.165, 1.54) is 51.4 Å². The molecule has 2 heteroatoms. The van der Waals surface area contributed by atoms with Crippen molar-refractivity contribution in [2.75, 3.05) is 13.2 Å². The lowest BCUT2D eigenvalue weighted by molar-refractivity contribution is -0.0934. The van der Waals surface area contributed by atoms with Crippen molar-refractivity contribution in [2.24, 2.45) is 35.5 Å². The number of aliphatic hydroxyl groups excluding tert-OH is 2. The Morgan fingerprint density at radius 1 is 0.556 bits per heavy atom. The zero-order valence-electron chi connectivity index (χ0n) is 11.4. The number of rotatable bonds is 2. The molecule has 3 rings (SSSR count). The summed E-state index contributed by atoms with van der Waals surface area (Å²) in [5.74, 6) is 3.92. The Kier molecular flexibility index (Phi) is 3.95. The van der Waals surface area contributed by atoms with E-state index in [1.807, 2.05) is 0 Å². The van der Waals surface area contributed by atoms with Gasteiger partial charge in [0, 0.05) is 13.2 Å². The zero-order chi connectivity index (χ0) is 12.5. The van der Waals surface area contributed by atoms with E-state index < -0.39 is 0 Å². The molecular formula is C16H28O2. The van der Waals surface area contributed by atoms with Gasteiger partial charge in [-0.05, 0) is 61.2 Å². The van der Waals surface area contributed by atoms with E-state index in [1.54, 1.807) is 0 Å². The molecule has 0 aromatic rings. The van der Waals surface area contributed by atoms with Gasteiger partial charge in [0.1, 0.15) is 0 Å². The molecule has 0 saturated heterocycles. The lowest BCUT2D eigenvalue weighted by atomic mass is 9.51. The maximum absolute atomic E-state index is 9.87. The van der Waals surface area contributed by atoms with Gasteiger partial charge >= 0.3 is 0 Å². The van der Waals surface area contributed by atoms with Crippen LogP contribution in [0.4, 0.5) is 0 Å². The maximum atomic E-state index is 9.87. The third kappa shape index (κ3) is 2.02. The fraction of sp³-hybridized carbons (Fsp3) is 1.00. The van der Waals surface area contributed by atoms with Crippen molar-refractivity contribution in [3.8, 4) is 0 Å². The van der Waals surface area contributed by atoms with Gasteiger partial charge in [-0.3, -0.25) is 0 Å². The van der Waals surface area contributed by atoms with Gasteiger partial charge in [-0.1, -0.05) is 25.7 Å². The number of hydrogen-bond acceptors (Lipinski definition) is 2. The molecule has 0 aromatic carbocycles. The number of aliphatic hydroxyl groups is 2. The zero-order valence-corrected chi connectivity index (χ0v) is 11.4. The average molecular weight is 252 g/mol. The molecule has 3 aliphatic carbocycles. The molecule has 3 fully saturated rings. The second-order valence-corrected chi connectivity index (χ2v) is 6.92. The summed E-state index contributed by atoms with van der Waals surface area (Å²) in [6, 6.07) is 0. The van der Waals surface area contributed by atoms with Gasteiger partial charge < -0.3 is 10.2 Å². The van der Waals surface area contributed by atoms with Crippen LogP contribution in [0.5, 0.6) is 0 Å². The largest absolute Gasteiger partial charge is 0.396 e. The van der Waals surface area contributed by atoms with Crippen LogP contribution in [0.2, 0.25) is 0 Å². The molecular weight excluding hydrogens is 224 g/mol. The molecule has 0 amide bonds. The van der Waals surface area contributed by atoms with Gasteiger partial charge in [-0.25, -0.2) is 0 Å². The molecule has 3 saturated carbocycles. The summed E-state index contributed by atoms with van der Waals surface area (Å²) < 4.78 is 0. The van der Waals surface area contributed by atoms with E-state index in [0.717, 1.165) is 0 Å². The van der Waals surface area contributed by atoms with Crippen molar-refractivity contribution in [3.63, 3.8) is 0 Å². The maximum Gasteiger partial charge on any atom is 0.0464 e. The van der Waals surface area contributed by atoms with Crippen LogP contribution in [0, 0.1) is 35.5 Å². The minimum absolute atomic E-state index is 0.389. The molecule has 2 nitrogen and oxygen atoms in total. The normalized spacial score (nSPS) is 48.3. The molecule has 0 heterocycles. The van der Waals surface area contributed by atoms with Crippen LogP contribution < -0.4 is 0 Å². The van der Waals surface area contributed by atoms with Crippen LogP contribution >= 0.6 is 0 Å². The van der Waals surface area contributed by atoms with Crippen LogP contribution in [-0.2, 0) is 0 Å². The minimum Gasteiger partial charge on any atom is -0.396 e. The summed E-state index contributed by atoms with van der Waals surface area (Å²) >= 11 is 0. The highest BCUT2D eigenvalue weighted by Crippen LogP contribution is 2.55. The van der Waals surface area contributed by atoms with Crippen LogP contribution in [0.15, 0.2) is 0 Å². The van der Waals surface area contributed by atoms with Crippen molar-refractivity contribution < 1.29 is 10.2 Å². The molecule has 3 aliphatic rings. The molecule has 4 atom stereocenters. The van der Waals surface area contributed by atoms with E-state index >= 15 is 0 Å². The second-order valence-electron chi connectivity index (χ2n) is 6.92. The SMILES string of the molecule is OCC1C2CCCCC2C(CO)C2CCCCC12. The monoisotopic (exact) mass is 252 g/mol. The molecule has 4 unspecified atom stereocenters. The highest BCUT2D eigenvalue weighted by Gasteiger charge is 2.50. The highest BCUT2D eigenvalue weighted by molar-refractivity contribution is 4.98. The Labute approximate surface area is 111 Å². The predicted octanol–water partition coefficient (Wildman–Crippen LogP) is 2.83. The molecule has 0 aromatic heterocycles. The second kappa shape index (κ2) is 5.50. The number of fused-ring (bicyclic) bond motifs is 2. The van der Waals surface area contributed by atoms with Gasteiger partial charge in [-0.2, -0.15) is 0 Å². The van der Waals surface area contributed by atoms with Crippen LogP contribution in [-0.4, -0.2) is 23.4 Å². The van der Waals surface area contributed by atoms with E-state index in [0.29, 0.717) is 48.7 Å². The quantitative estimate of drug-likeness (QED) is 0.793. The van der Waals surface area contributed by atoms with Crippen LogP contribution in [0.1, 0.15) is 51.4 Å². The van der Waals surface area contributed by atoms with Crippen LogP contribution in [0.3, 0.4) is 0 Å². The highest BCUT2D eigenvalue weighted by atomic mass is 16.3. The van der Waals surface area contributed by atoms with E-state index in [4.69, 9.17) is 0 Å². The summed E-state index contributed by atoms with van der Waals surface area (Å²) in [5, 5.41) is 19.7. The first kappa shape index (κ1) is 12.9. The number of hydrogen-bond donors (Lipinski definition) is 2. The first-order chi connectivity index (χ1) is 8.86. The topological polar surface area (TPSA) is 40.5 Å². The van der Waals surface area contributed by atoms with E-state index in [2.05, 4.69) is 0 Å². The molecule has 0 spiro atoms. The molecule has 104 valence electrons. The van der Waals surface area contributed by atoms with Crippen molar-refractivity contribution >= 4 is 0 Å². The Hall–Kier alpha value is -0.0800. The smallest absolute Gasteiger partial charge is 0.0464 e. The molecule has 2 N–H and O–H groups in total. The van der Waals surface area contributed by atoms with Crippen molar-refractivity contribution in [2.45, 2.75) is 51.4 Å². The van der Waals surface area contributed by atoms with Crippen molar-refractivity contribution in [3.05, 3.63) is 0 Å². The van der Waals surface area contributed by atoms with Crippen molar-refractivity contribution in [1.29, 1.82) is 0 Å². The lowest BCUT2D eigenvalue weighted by Crippen LogP contribution is -2.50. The van der Waals surface area contributed by atoms with Gasteiger partial charge in [0.2, 0.25) is 0 Å². The van der Waals surface area contributed by atoms with Gasteiger partial charge in [0.15, 0.2) is 0 Å². The molecule has 0 bridgehead atoms. The third-order valence-corrected chi connectivity index (χ3v) is 6.37. The Bertz CT molecular complexity index is 213. The van der Waals surface area contributed by atoms with E-state index in [9.17, 15) is 10.2 Å². The molecule has 0 radical (unpaired) electrons. The Morgan fingerprint density at radius 3 is 1.06 bits per heavy atom. The third-order valence-electron chi connectivity index (χ3n) is 6.37. The Balaban J connectivity index is 1.87. The first-order valence-electron chi connectivity index (χ1n) is 8.08. The first-order valence-corrected chi connectivity index (χ1v) is 8.08. The molecule has 0 aliphatic heterocycles. The minimum atomic E-state index is 0.389. The summed E-state index contributed by atoms with van der Waals surface area (Å²) in [7, 11) is 0. The summed E-state index contributed by atoms with van der Waals surface area (Å²) in [6.45, 7) is 0.779. The summed E-state index contributed by atoms with van der Waals surface area (Å²) in [6.07, 6.45) is 10.6. The fourth-order valence-electron chi connectivity index (χ4n) is 5.68. The molecule has 18 heavy (non-hydrogen) atoms. The van der Waals surface area contributed by atoms with E-state index in [-0.39, 0.29) is 0 Å². The fourth-order valence-corrected chi connectivity index (χ4v) is 5.68. The van der Waals surface area contributed by atoms with Crippen LogP contribution in [0.25, 0.3) is 0 Å². The standard InChI is InChI=1S/C16H28O2/c17-9-15-11-5-1-2-6-12(11)16(10-18)14-8-4-3-7-13(14)15/h11-18H,1-10H2. The van der Waals surface area contributed by atoms with Crippen molar-refractivity contribution in [1.82, 2.24) is 0 Å². The average Bonchev–Trinajstić information content (AvgIpc) is 2.44. The summed E-state index contributed by atoms with van der Waals surface area (Å²) in [5.41, 5.74) is 0. The predicted molar refractivity (Wildman–Crippen MR) is 72.0 cm³/mol. The van der Waals surface area contributed by atoms with Gasteiger partial charge in [0.25, 0.3) is 0 Å². The lowest BCUT2D eigenvalue weighted by Gasteiger charge is -2.55. The van der Waals surface area contributed by atoms with Gasteiger partial charge in [0.05, 0.1) is 0 Å². The summed E-state index contributed by atoms with van der Waals surface area (Å²) in [4.78, 5) is 0. The van der Waals surface area contributed by atoms with Gasteiger partial charge in [-0.15, -0.1) is 0 Å². The Morgan fingerprint density at radius 2 is 0.833 bits per heavy atom.